The van der Waals surface area contributed by atoms with E-state index < -0.39 is 0 Å². The van der Waals surface area contributed by atoms with E-state index in [9.17, 15) is 0 Å². The molecule has 1 aromatic rings. The summed E-state index contributed by atoms with van der Waals surface area (Å²) in [7, 11) is 0. The van der Waals surface area contributed by atoms with Gasteiger partial charge in [0.2, 0.25) is 0 Å². The van der Waals surface area contributed by atoms with Gasteiger partial charge in [-0.1, -0.05) is 39.7 Å². The first-order valence-electron chi connectivity index (χ1n) is 7.99. The maximum Gasteiger partial charge on any atom is 0.00454 e. The smallest absolute Gasteiger partial charge is 0.00454 e. The summed E-state index contributed by atoms with van der Waals surface area (Å²) in [5, 5.41) is 5.87. The molecule has 0 amide bonds. The summed E-state index contributed by atoms with van der Waals surface area (Å²) in [5.74, 6) is 0. The van der Waals surface area contributed by atoms with E-state index in [-0.39, 0.29) is 0 Å². The summed E-state index contributed by atoms with van der Waals surface area (Å²) in [6.45, 7) is 9.28. The van der Waals surface area contributed by atoms with Crippen LogP contribution in [0.3, 0.4) is 0 Å². The van der Waals surface area contributed by atoms with E-state index in [1.807, 2.05) is 11.3 Å². The quantitative estimate of drug-likeness (QED) is 0.545. The van der Waals surface area contributed by atoms with Gasteiger partial charge in [-0.2, -0.15) is 0 Å². The molecular weight excluding hydrogens is 250 g/mol. The summed E-state index contributed by atoms with van der Waals surface area (Å²) < 4.78 is 0. The lowest BCUT2D eigenvalue weighted by Crippen LogP contribution is -2.35. The van der Waals surface area contributed by atoms with Crippen molar-refractivity contribution in [2.45, 2.75) is 65.7 Å². The highest BCUT2D eigenvalue weighted by atomic mass is 32.1. The Balaban J connectivity index is 2.54. The maximum atomic E-state index is 3.67. The van der Waals surface area contributed by atoms with Crippen LogP contribution in [0.2, 0.25) is 0 Å². The van der Waals surface area contributed by atoms with Crippen LogP contribution in [-0.4, -0.2) is 13.1 Å². The average Bonchev–Trinajstić information content (AvgIpc) is 2.95. The van der Waals surface area contributed by atoms with Crippen molar-refractivity contribution in [3.8, 4) is 0 Å². The molecule has 0 saturated carbocycles. The van der Waals surface area contributed by atoms with E-state index in [1.54, 1.807) is 4.88 Å². The second-order valence-electron chi connectivity index (χ2n) is 5.71. The fraction of sp³-hybridized carbons (Fsp3) is 0.765. The van der Waals surface area contributed by atoms with Crippen molar-refractivity contribution < 1.29 is 0 Å². The number of hydrogen-bond acceptors (Lipinski definition) is 2. The van der Waals surface area contributed by atoms with Crippen molar-refractivity contribution in [2.24, 2.45) is 5.41 Å². The van der Waals surface area contributed by atoms with Gasteiger partial charge in [0.15, 0.2) is 0 Å². The van der Waals surface area contributed by atoms with Crippen LogP contribution in [0.1, 0.15) is 64.2 Å². The van der Waals surface area contributed by atoms with Gasteiger partial charge < -0.3 is 5.32 Å². The number of rotatable bonds is 11. The Morgan fingerprint density at radius 3 is 2.58 bits per heavy atom. The molecule has 0 fully saturated rings. The molecule has 0 aliphatic heterocycles. The van der Waals surface area contributed by atoms with Gasteiger partial charge in [-0.3, -0.25) is 0 Å². The monoisotopic (exact) mass is 281 g/mol. The van der Waals surface area contributed by atoms with E-state index >= 15 is 0 Å². The minimum absolute atomic E-state index is 0.509. The third-order valence-electron chi connectivity index (χ3n) is 4.22. The number of hydrogen-bond donors (Lipinski definition) is 1. The van der Waals surface area contributed by atoms with Gasteiger partial charge in [0, 0.05) is 11.4 Å². The highest BCUT2D eigenvalue weighted by Crippen LogP contribution is 2.34. The largest absolute Gasteiger partial charge is 0.316 e. The van der Waals surface area contributed by atoms with Crippen molar-refractivity contribution in [1.82, 2.24) is 5.32 Å². The molecule has 2 heteroatoms. The molecule has 110 valence electrons. The van der Waals surface area contributed by atoms with Crippen molar-refractivity contribution in [1.29, 1.82) is 0 Å². The molecular formula is C17H31NS. The highest BCUT2D eigenvalue weighted by Gasteiger charge is 2.26. The van der Waals surface area contributed by atoms with Gasteiger partial charge in [-0.05, 0) is 55.5 Å². The Kier molecular flexibility index (Phi) is 8.40. The molecule has 0 spiro atoms. The normalized spacial score (nSPS) is 14.5. The lowest BCUT2D eigenvalue weighted by atomic mass is 9.76. The highest BCUT2D eigenvalue weighted by molar-refractivity contribution is 7.09. The second kappa shape index (κ2) is 9.55. The molecule has 1 rings (SSSR count). The number of aryl methyl sites for hydroxylation is 1. The SMILES string of the molecule is CCCCC(CC)(CCc1cccs1)CNCCC. The summed E-state index contributed by atoms with van der Waals surface area (Å²) in [4.78, 5) is 1.55. The lowest BCUT2D eigenvalue weighted by molar-refractivity contribution is 0.213. The first kappa shape index (κ1) is 16.7. The van der Waals surface area contributed by atoms with Crippen LogP contribution < -0.4 is 5.32 Å². The van der Waals surface area contributed by atoms with Crippen LogP contribution in [0.25, 0.3) is 0 Å². The van der Waals surface area contributed by atoms with Gasteiger partial charge >= 0.3 is 0 Å². The van der Waals surface area contributed by atoms with Crippen molar-refractivity contribution >= 4 is 11.3 Å². The Hall–Kier alpha value is -0.340. The first-order chi connectivity index (χ1) is 9.26. The van der Waals surface area contributed by atoms with Gasteiger partial charge in [0.1, 0.15) is 0 Å². The zero-order chi connectivity index (χ0) is 14.0. The number of unbranched alkanes of at least 4 members (excludes halogenated alkanes) is 1. The Morgan fingerprint density at radius 2 is 2.00 bits per heavy atom. The van der Waals surface area contributed by atoms with Crippen molar-refractivity contribution in [2.75, 3.05) is 13.1 Å². The van der Waals surface area contributed by atoms with Crippen LogP contribution in [0.15, 0.2) is 17.5 Å². The summed E-state index contributed by atoms with van der Waals surface area (Å²) in [6, 6.07) is 4.46. The van der Waals surface area contributed by atoms with E-state index in [0.29, 0.717) is 5.41 Å². The number of nitrogens with one attached hydrogen (secondary N) is 1. The molecule has 1 heterocycles. The van der Waals surface area contributed by atoms with Crippen LogP contribution in [0.4, 0.5) is 0 Å². The fourth-order valence-corrected chi connectivity index (χ4v) is 3.41. The molecule has 1 unspecified atom stereocenters. The Labute approximate surface area is 123 Å². The van der Waals surface area contributed by atoms with Gasteiger partial charge in [-0.15, -0.1) is 11.3 Å². The third-order valence-corrected chi connectivity index (χ3v) is 5.16. The second-order valence-corrected chi connectivity index (χ2v) is 6.75. The summed E-state index contributed by atoms with van der Waals surface area (Å²) in [6.07, 6.45) is 9.18. The first-order valence-corrected chi connectivity index (χ1v) is 8.87. The minimum atomic E-state index is 0.509. The molecule has 0 aromatic carbocycles. The molecule has 0 saturated heterocycles. The third kappa shape index (κ3) is 6.09. The zero-order valence-electron chi connectivity index (χ0n) is 13.0. The van der Waals surface area contributed by atoms with E-state index in [1.165, 1.54) is 51.5 Å². The predicted molar refractivity (Wildman–Crippen MR) is 88.0 cm³/mol. The van der Waals surface area contributed by atoms with Gasteiger partial charge in [0.05, 0.1) is 0 Å². The van der Waals surface area contributed by atoms with E-state index in [2.05, 4.69) is 43.6 Å². The molecule has 0 aliphatic carbocycles. The molecule has 0 bridgehead atoms. The zero-order valence-corrected chi connectivity index (χ0v) is 13.8. The molecule has 1 nitrogen and oxygen atoms in total. The van der Waals surface area contributed by atoms with E-state index in [4.69, 9.17) is 0 Å². The van der Waals surface area contributed by atoms with E-state index in [0.717, 1.165) is 6.54 Å². The van der Waals surface area contributed by atoms with Gasteiger partial charge in [0.25, 0.3) is 0 Å². The van der Waals surface area contributed by atoms with Crippen molar-refractivity contribution in [3.63, 3.8) is 0 Å². The van der Waals surface area contributed by atoms with Crippen LogP contribution in [0.5, 0.6) is 0 Å². The Morgan fingerprint density at radius 1 is 1.16 bits per heavy atom. The summed E-state index contributed by atoms with van der Waals surface area (Å²) >= 11 is 1.91. The van der Waals surface area contributed by atoms with Crippen LogP contribution in [0, 0.1) is 5.41 Å². The van der Waals surface area contributed by atoms with Crippen molar-refractivity contribution in [3.05, 3.63) is 22.4 Å². The molecule has 0 aliphatic rings. The maximum absolute atomic E-state index is 3.67. The molecule has 1 N–H and O–H groups in total. The van der Waals surface area contributed by atoms with Gasteiger partial charge in [-0.25, -0.2) is 0 Å². The number of thiophene rings is 1. The molecule has 1 aromatic heterocycles. The summed E-state index contributed by atoms with van der Waals surface area (Å²) in [5.41, 5.74) is 0.509. The molecule has 19 heavy (non-hydrogen) atoms. The molecule has 0 radical (unpaired) electrons. The van der Waals surface area contributed by atoms with Crippen LogP contribution >= 0.6 is 11.3 Å². The topological polar surface area (TPSA) is 12.0 Å². The Bertz CT molecular complexity index is 307. The standard InChI is InChI=1S/C17H31NS/c1-4-7-11-17(6-3,15-18-13-5-2)12-10-16-9-8-14-19-16/h8-9,14,18H,4-7,10-13,15H2,1-3H3. The van der Waals surface area contributed by atoms with Crippen LogP contribution in [-0.2, 0) is 6.42 Å². The predicted octanol–water partition coefficient (Wildman–Crippen LogP) is 5.27. The fourth-order valence-electron chi connectivity index (χ4n) is 2.71. The molecule has 1 atom stereocenters. The average molecular weight is 282 g/mol. The lowest BCUT2D eigenvalue weighted by Gasteiger charge is -2.33. The minimum Gasteiger partial charge on any atom is -0.316 e.